The molecule has 5 nitrogen and oxygen atoms in total. The van der Waals surface area contributed by atoms with Crippen molar-refractivity contribution < 1.29 is 8.42 Å². The van der Waals surface area contributed by atoms with Crippen LogP contribution in [0, 0.1) is 18.3 Å². The van der Waals surface area contributed by atoms with E-state index in [-0.39, 0.29) is 0 Å². The molecule has 0 aromatic heterocycles. The van der Waals surface area contributed by atoms with Gasteiger partial charge in [0.2, 0.25) is 10.0 Å². The Balaban J connectivity index is 2.01. The molecule has 0 saturated heterocycles. The first-order valence-electron chi connectivity index (χ1n) is 8.44. The first kappa shape index (κ1) is 19.3. The van der Waals surface area contributed by atoms with Crippen molar-refractivity contribution in [3.05, 3.63) is 76.3 Å². The van der Waals surface area contributed by atoms with Crippen molar-refractivity contribution in [2.45, 2.75) is 25.9 Å². The average molecular weight is 400 g/mol. The molecule has 0 fully saturated rings. The molecule has 7 heteroatoms. The Hall–Kier alpha value is -2.43. The zero-order valence-corrected chi connectivity index (χ0v) is 17.1. The highest BCUT2D eigenvalue weighted by molar-refractivity contribution is 8.04. The number of allylic oxidation sites excluding steroid dienone is 1. The minimum Gasteiger partial charge on any atom is -0.337 e. The Morgan fingerprint density at radius 2 is 1.74 bits per heavy atom. The van der Waals surface area contributed by atoms with Crippen LogP contribution < -0.4 is 4.90 Å². The third-order valence-electron chi connectivity index (χ3n) is 4.27. The summed E-state index contributed by atoms with van der Waals surface area (Å²) in [7, 11) is -3.41. The fourth-order valence-electron chi connectivity index (χ4n) is 2.87. The van der Waals surface area contributed by atoms with Crippen molar-refractivity contribution in [3.8, 4) is 6.07 Å². The van der Waals surface area contributed by atoms with E-state index in [1.54, 1.807) is 18.3 Å². The Bertz CT molecular complexity index is 991. The van der Waals surface area contributed by atoms with Crippen LogP contribution >= 0.6 is 11.8 Å². The van der Waals surface area contributed by atoms with Crippen molar-refractivity contribution in [1.82, 2.24) is 4.31 Å². The Morgan fingerprint density at radius 3 is 2.30 bits per heavy atom. The number of nitrogens with zero attached hydrogens (tertiary/aromatic N) is 3. The summed E-state index contributed by atoms with van der Waals surface area (Å²) in [6.07, 6.45) is 2.90. The van der Waals surface area contributed by atoms with E-state index in [9.17, 15) is 8.42 Å². The largest absolute Gasteiger partial charge is 0.337 e. The van der Waals surface area contributed by atoms with Gasteiger partial charge in [-0.2, -0.15) is 5.26 Å². The summed E-state index contributed by atoms with van der Waals surface area (Å²) >= 11 is 1.50. The van der Waals surface area contributed by atoms with E-state index in [0.717, 1.165) is 16.2 Å². The predicted octanol–water partition coefficient (Wildman–Crippen LogP) is 4.03. The van der Waals surface area contributed by atoms with Gasteiger partial charge in [0.25, 0.3) is 0 Å². The molecule has 27 heavy (non-hydrogen) atoms. The van der Waals surface area contributed by atoms with Gasteiger partial charge in [-0.15, -0.1) is 0 Å². The van der Waals surface area contributed by atoms with Gasteiger partial charge in [0.1, 0.15) is 0 Å². The minimum absolute atomic E-state index is 0.408. The highest BCUT2D eigenvalue weighted by Gasteiger charge is 2.35. The van der Waals surface area contributed by atoms with Crippen molar-refractivity contribution >= 4 is 27.5 Å². The van der Waals surface area contributed by atoms with Crippen LogP contribution in [0.1, 0.15) is 23.6 Å². The summed E-state index contributed by atoms with van der Waals surface area (Å²) in [5.74, 6) is 0. The van der Waals surface area contributed by atoms with Crippen LogP contribution in [-0.4, -0.2) is 24.5 Å². The van der Waals surface area contributed by atoms with Crippen LogP contribution in [0.4, 0.5) is 5.69 Å². The van der Waals surface area contributed by atoms with Crippen molar-refractivity contribution in [2.24, 2.45) is 0 Å². The fourth-order valence-corrected chi connectivity index (χ4v) is 5.32. The number of sulfonamides is 1. The highest BCUT2D eigenvalue weighted by atomic mass is 32.2. The van der Waals surface area contributed by atoms with Crippen LogP contribution in [-0.2, 0) is 16.6 Å². The van der Waals surface area contributed by atoms with Gasteiger partial charge in [-0.25, -0.2) is 12.7 Å². The lowest BCUT2D eigenvalue weighted by molar-refractivity contribution is 0.475. The maximum absolute atomic E-state index is 12.3. The lowest BCUT2D eigenvalue weighted by Crippen LogP contribution is -2.44. The number of nitriles is 1. The molecule has 1 atom stereocenters. The molecule has 0 radical (unpaired) electrons. The molecule has 2 aromatic rings. The Kier molecular flexibility index (Phi) is 5.49. The van der Waals surface area contributed by atoms with E-state index < -0.39 is 15.5 Å². The molecule has 3 rings (SSSR count). The van der Waals surface area contributed by atoms with Gasteiger partial charge in [0, 0.05) is 23.3 Å². The molecule has 1 heterocycles. The third-order valence-corrected chi connectivity index (χ3v) is 6.64. The van der Waals surface area contributed by atoms with E-state index in [4.69, 9.17) is 5.26 Å². The second kappa shape index (κ2) is 7.67. The second-order valence-corrected chi connectivity index (χ2v) is 9.74. The van der Waals surface area contributed by atoms with E-state index >= 15 is 0 Å². The zero-order valence-electron chi connectivity index (χ0n) is 15.5. The van der Waals surface area contributed by atoms with Gasteiger partial charge < -0.3 is 4.90 Å². The number of rotatable bonds is 5. The molecule has 0 aliphatic carbocycles. The highest BCUT2D eigenvalue weighted by Crippen LogP contribution is 2.39. The first-order valence-corrected chi connectivity index (χ1v) is 11.2. The van der Waals surface area contributed by atoms with Crippen LogP contribution in [0.2, 0.25) is 0 Å². The monoisotopic (exact) mass is 399 g/mol. The number of thioether (sulfide) groups is 1. The lowest BCUT2D eigenvalue weighted by Gasteiger charge is -2.35. The van der Waals surface area contributed by atoms with Gasteiger partial charge in [0.15, 0.2) is 5.50 Å². The number of anilines is 1. The van der Waals surface area contributed by atoms with Crippen molar-refractivity contribution in [1.29, 1.82) is 5.26 Å². The summed E-state index contributed by atoms with van der Waals surface area (Å²) in [6.45, 7) is 4.50. The van der Waals surface area contributed by atoms with Crippen molar-refractivity contribution in [2.75, 3.05) is 11.2 Å². The molecule has 0 amide bonds. The molecular formula is C20H21N3O2S2. The first-order chi connectivity index (χ1) is 12.8. The van der Waals surface area contributed by atoms with Crippen LogP contribution in [0.25, 0.3) is 0 Å². The maximum Gasteiger partial charge on any atom is 0.234 e. The van der Waals surface area contributed by atoms with Crippen LogP contribution in [0.5, 0.6) is 0 Å². The number of aryl methyl sites for hydroxylation is 1. The zero-order chi connectivity index (χ0) is 19.6. The molecule has 1 aliphatic heterocycles. The Labute approximate surface area is 165 Å². The minimum atomic E-state index is -3.41. The lowest BCUT2D eigenvalue weighted by atomic mass is 10.1. The molecule has 1 unspecified atom stereocenters. The molecule has 1 aliphatic rings. The molecule has 0 saturated carbocycles. The fraction of sp³-hybridized carbons (Fsp3) is 0.250. The standard InChI is InChI=1S/C20H21N3O2S2/c1-15-4-6-18(7-5-15)14-22(19-10-8-17(12-21)9-11-19)20-23(27(3,24)25)13-16(2)26-20/h4-11,13,20H,14H2,1-3H3. The average Bonchev–Trinajstić information content (AvgIpc) is 3.03. The number of hydrogen-bond donors (Lipinski definition) is 0. The predicted molar refractivity (Wildman–Crippen MR) is 110 cm³/mol. The number of benzene rings is 2. The van der Waals surface area contributed by atoms with Gasteiger partial charge >= 0.3 is 0 Å². The maximum atomic E-state index is 12.3. The quantitative estimate of drug-likeness (QED) is 0.760. The number of hydrogen-bond acceptors (Lipinski definition) is 5. The van der Waals surface area contributed by atoms with Crippen molar-refractivity contribution in [3.63, 3.8) is 0 Å². The Morgan fingerprint density at radius 1 is 1.11 bits per heavy atom. The van der Waals surface area contributed by atoms with Gasteiger partial charge in [-0.05, 0) is 43.7 Å². The molecule has 0 N–H and O–H groups in total. The van der Waals surface area contributed by atoms with Gasteiger partial charge in [0.05, 0.1) is 17.9 Å². The second-order valence-electron chi connectivity index (χ2n) is 6.55. The molecular weight excluding hydrogens is 378 g/mol. The van der Waals surface area contributed by atoms with Gasteiger partial charge in [-0.1, -0.05) is 41.6 Å². The molecule has 0 bridgehead atoms. The SMILES string of the molecule is CC1=CN(S(C)(=O)=O)C(N(Cc2ccc(C)cc2)c2ccc(C#N)cc2)S1. The summed E-state index contributed by atoms with van der Waals surface area (Å²) in [5.41, 5.74) is 3.29. The summed E-state index contributed by atoms with van der Waals surface area (Å²) in [6, 6.07) is 17.5. The van der Waals surface area contributed by atoms with E-state index in [1.807, 2.05) is 43.0 Å². The summed E-state index contributed by atoms with van der Waals surface area (Å²) < 4.78 is 26.0. The topological polar surface area (TPSA) is 64.4 Å². The summed E-state index contributed by atoms with van der Waals surface area (Å²) in [5, 5.41) is 9.06. The van der Waals surface area contributed by atoms with E-state index in [0.29, 0.717) is 12.1 Å². The van der Waals surface area contributed by atoms with Gasteiger partial charge in [-0.3, -0.25) is 0 Å². The molecule has 2 aromatic carbocycles. The molecule has 0 spiro atoms. The van der Waals surface area contributed by atoms with E-state index in [2.05, 4.69) is 18.2 Å². The van der Waals surface area contributed by atoms with Crippen LogP contribution in [0.3, 0.4) is 0 Å². The summed E-state index contributed by atoms with van der Waals surface area (Å²) in [4.78, 5) is 2.98. The van der Waals surface area contributed by atoms with E-state index in [1.165, 1.54) is 27.9 Å². The van der Waals surface area contributed by atoms with Crippen LogP contribution in [0.15, 0.2) is 59.6 Å². The molecule has 140 valence electrons. The third kappa shape index (κ3) is 4.46. The normalized spacial score (nSPS) is 16.7. The smallest absolute Gasteiger partial charge is 0.234 e.